The zero-order valence-electron chi connectivity index (χ0n) is 20.7. The Morgan fingerprint density at radius 2 is 1.53 bits per heavy atom. The van der Waals surface area contributed by atoms with Crippen molar-refractivity contribution in [2.45, 2.75) is 69.2 Å². The maximum Gasteiger partial charge on any atom is 0.255 e. The van der Waals surface area contributed by atoms with Crippen LogP contribution in [0.25, 0.3) is 0 Å². The third-order valence-corrected chi connectivity index (χ3v) is 8.98. The zero-order valence-corrected chi connectivity index (χ0v) is 20.7. The summed E-state index contributed by atoms with van der Waals surface area (Å²) >= 11 is 0. The molecule has 6 nitrogen and oxygen atoms in total. The van der Waals surface area contributed by atoms with Crippen molar-refractivity contribution in [3.63, 3.8) is 0 Å². The van der Waals surface area contributed by atoms with Crippen LogP contribution in [0.4, 0.5) is 5.69 Å². The van der Waals surface area contributed by atoms with Crippen molar-refractivity contribution in [1.29, 1.82) is 0 Å². The smallest absolute Gasteiger partial charge is 0.255 e. The van der Waals surface area contributed by atoms with Gasteiger partial charge in [0.05, 0.1) is 5.92 Å². The maximum absolute atomic E-state index is 12.7. The summed E-state index contributed by atoms with van der Waals surface area (Å²) in [6.07, 6.45) is 10.3. The minimum absolute atomic E-state index is 0.151. The van der Waals surface area contributed by atoms with Gasteiger partial charge in [0.25, 0.3) is 5.91 Å². The molecule has 1 aliphatic heterocycles. The van der Waals surface area contributed by atoms with E-state index in [1.54, 1.807) is 12.1 Å². The molecule has 0 spiro atoms. The van der Waals surface area contributed by atoms with E-state index in [9.17, 15) is 14.4 Å². The van der Waals surface area contributed by atoms with Crippen molar-refractivity contribution >= 4 is 23.4 Å². The second-order valence-corrected chi connectivity index (χ2v) is 11.7. The summed E-state index contributed by atoms with van der Waals surface area (Å²) in [6, 6.07) is 15.2. The third kappa shape index (κ3) is 4.83. The normalized spacial score (nSPS) is 30.8. The van der Waals surface area contributed by atoms with E-state index in [1.807, 2.05) is 24.3 Å². The molecule has 1 atom stereocenters. The van der Waals surface area contributed by atoms with E-state index < -0.39 is 0 Å². The topological polar surface area (TPSA) is 87.3 Å². The predicted octanol–water partition coefficient (Wildman–Crippen LogP) is 4.56. The van der Waals surface area contributed by atoms with Crippen LogP contribution in [0.2, 0.25) is 0 Å². The standard InChI is InChI=1S/C30H35N3O3/c34-27-10-9-26(29(36)33-27)23-5-7-25(8-6-23)32-28(35)24-3-1-19(2-4-24)11-12-31-30-16-20-13-21(17-30)15-22(14-20)18-30/h1-8,20-22,26,31H,9-18H2,(H,32,35)(H,33,34,36). The van der Waals surface area contributed by atoms with Crippen LogP contribution >= 0.6 is 0 Å². The monoisotopic (exact) mass is 485 g/mol. The van der Waals surface area contributed by atoms with Gasteiger partial charge < -0.3 is 10.6 Å². The van der Waals surface area contributed by atoms with Gasteiger partial charge in [-0.2, -0.15) is 0 Å². The number of benzene rings is 2. The Kier molecular flexibility index (Phi) is 6.16. The maximum atomic E-state index is 12.7. The number of imide groups is 1. The Balaban J connectivity index is 1.00. The molecule has 3 amide bonds. The molecule has 2 aromatic carbocycles. The van der Waals surface area contributed by atoms with Gasteiger partial charge >= 0.3 is 0 Å². The van der Waals surface area contributed by atoms with Crippen molar-refractivity contribution in [2.24, 2.45) is 17.8 Å². The van der Waals surface area contributed by atoms with Crippen molar-refractivity contribution in [2.75, 3.05) is 11.9 Å². The van der Waals surface area contributed by atoms with Gasteiger partial charge in [-0.25, -0.2) is 0 Å². The largest absolute Gasteiger partial charge is 0.322 e. The average Bonchev–Trinajstić information content (AvgIpc) is 2.84. The predicted molar refractivity (Wildman–Crippen MR) is 139 cm³/mol. The number of carbonyl (C=O) groups excluding carboxylic acids is 3. The summed E-state index contributed by atoms with van der Waals surface area (Å²) in [5, 5.41) is 9.29. The molecule has 3 N–H and O–H groups in total. The van der Waals surface area contributed by atoms with Crippen LogP contribution in [0.3, 0.4) is 0 Å². The van der Waals surface area contributed by atoms with E-state index in [0.717, 1.165) is 36.3 Å². The van der Waals surface area contributed by atoms with Gasteiger partial charge in [0.1, 0.15) is 0 Å². The van der Waals surface area contributed by atoms with Gasteiger partial charge in [-0.1, -0.05) is 24.3 Å². The Hall–Kier alpha value is -2.99. The molecule has 1 heterocycles. The molecule has 0 radical (unpaired) electrons. The number of amides is 3. The highest BCUT2D eigenvalue weighted by molar-refractivity contribution is 6.04. The van der Waals surface area contributed by atoms with Crippen LogP contribution in [0.1, 0.15) is 78.8 Å². The van der Waals surface area contributed by atoms with Crippen LogP contribution in [-0.4, -0.2) is 29.8 Å². The number of anilines is 1. The van der Waals surface area contributed by atoms with Crippen molar-refractivity contribution in [3.05, 3.63) is 65.2 Å². The number of nitrogens with one attached hydrogen (secondary N) is 3. The fourth-order valence-electron chi connectivity index (χ4n) is 7.64. The Labute approximate surface area is 212 Å². The molecule has 36 heavy (non-hydrogen) atoms. The average molecular weight is 486 g/mol. The van der Waals surface area contributed by atoms with Gasteiger partial charge in [0.2, 0.25) is 11.8 Å². The first-order valence-corrected chi connectivity index (χ1v) is 13.5. The fourth-order valence-corrected chi connectivity index (χ4v) is 7.64. The molecule has 2 aromatic rings. The van der Waals surface area contributed by atoms with Crippen molar-refractivity contribution in [1.82, 2.24) is 10.6 Å². The molecule has 7 rings (SSSR count). The number of hydrogen-bond acceptors (Lipinski definition) is 4. The van der Waals surface area contributed by atoms with E-state index in [-0.39, 0.29) is 23.6 Å². The van der Waals surface area contributed by atoms with Gasteiger partial charge in [0.15, 0.2) is 0 Å². The van der Waals surface area contributed by atoms with E-state index in [4.69, 9.17) is 0 Å². The molecule has 188 valence electrons. The highest BCUT2D eigenvalue weighted by Gasteiger charge is 2.50. The Morgan fingerprint density at radius 3 is 2.14 bits per heavy atom. The molecule has 0 aromatic heterocycles. The first-order valence-electron chi connectivity index (χ1n) is 13.5. The number of carbonyl (C=O) groups is 3. The van der Waals surface area contributed by atoms with E-state index in [2.05, 4.69) is 28.1 Å². The molecule has 1 saturated heterocycles. The molecular formula is C30H35N3O3. The molecule has 4 bridgehead atoms. The molecular weight excluding hydrogens is 450 g/mol. The molecule has 5 aliphatic rings. The van der Waals surface area contributed by atoms with Crippen LogP contribution in [-0.2, 0) is 16.0 Å². The summed E-state index contributed by atoms with van der Waals surface area (Å²) in [5.74, 6) is 1.92. The zero-order chi connectivity index (χ0) is 24.7. The van der Waals surface area contributed by atoms with Crippen molar-refractivity contribution < 1.29 is 14.4 Å². The van der Waals surface area contributed by atoms with Crippen LogP contribution < -0.4 is 16.0 Å². The highest BCUT2D eigenvalue weighted by atomic mass is 16.2. The third-order valence-electron chi connectivity index (χ3n) is 8.98. The SMILES string of the molecule is O=C1CCC(c2ccc(NC(=O)c3ccc(CCNC45CC6CC(CC(C6)C4)C5)cc3)cc2)C(=O)N1. The lowest BCUT2D eigenvalue weighted by atomic mass is 9.53. The van der Waals surface area contributed by atoms with E-state index >= 15 is 0 Å². The molecule has 4 saturated carbocycles. The van der Waals surface area contributed by atoms with E-state index in [1.165, 1.54) is 44.1 Å². The first kappa shape index (κ1) is 23.4. The number of piperidine rings is 1. The van der Waals surface area contributed by atoms with Crippen molar-refractivity contribution in [3.8, 4) is 0 Å². The lowest BCUT2D eigenvalue weighted by Gasteiger charge is -2.57. The lowest BCUT2D eigenvalue weighted by molar-refractivity contribution is -0.134. The van der Waals surface area contributed by atoms with Crippen LogP contribution in [0, 0.1) is 17.8 Å². The van der Waals surface area contributed by atoms with Crippen LogP contribution in [0.5, 0.6) is 0 Å². The second kappa shape index (κ2) is 9.47. The molecule has 6 heteroatoms. The fraction of sp³-hybridized carbons (Fsp3) is 0.500. The van der Waals surface area contributed by atoms with Gasteiger partial charge in [-0.15, -0.1) is 0 Å². The minimum atomic E-state index is -0.322. The molecule has 1 unspecified atom stereocenters. The summed E-state index contributed by atoms with van der Waals surface area (Å²) in [5.41, 5.74) is 3.80. The number of hydrogen-bond donors (Lipinski definition) is 3. The Morgan fingerprint density at radius 1 is 0.889 bits per heavy atom. The van der Waals surface area contributed by atoms with Gasteiger partial charge in [-0.05, 0) is 111 Å². The van der Waals surface area contributed by atoms with Crippen LogP contribution in [0.15, 0.2) is 48.5 Å². The quantitative estimate of drug-likeness (QED) is 0.502. The molecule has 4 aliphatic carbocycles. The Bertz CT molecular complexity index is 1120. The highest BCUT2D eigenvalue weighted by Crippen LogP contribution is 2.55. The van der Waals surface area contributed by atoms with E-state index in [0.29, 0.717) is 29.6 Å². The summed E-state index contributed by atoms with van der Waals surface area (Å²) in [4.78, 5) is 36.2. The minimum Gasteiger partial charge on any atom is -0.322 e. The van der Waals surface area contributed by atoms with Gasteiger partial charge in [0, 0.05) is 23.2 Å². The number of rotatable bonds is 7. The lowest BCUT2D eigenvalue weighted by Crippen LogP contribution is -2.58. The van der Waals surface area contributed by atoms with Gasteiger partial charge in [-0.3, -0.25) is 19.7 Å². The second-order valence-electron chi connectivity index (χ2n) is 11.7. The summed E-state index contributed by atoms with van der Waals surface area (Å²) in [6.45, 7) is 0.997. The summed E-state index contributed by atoms with van der Waals surface area (Å²) in [7, 11) is 0. The summed E-state index contributed by atoms with van der Waals surface area (Å²) < 4.78 is 0. The molecule has 5 fully saturated rings. The first-order chi connectivity index (χ1) is 17.4.